The number of carbonyl (C=O) groups is 1. The van der Waals surface area contributed by atoms with Gasteiger partial charge in [0.1, 0.15) is 5.25 Å². The van der Waals surface area contributed by atoms with Crippen LogP contribution in [0.3, 0.4) is 0 Å². The van der Waals surface area contributed by atoms with Crippen molar-refractivity contribution in [3.63, 3.8) is 0 Å². The molecule has 0 spiro atoms. The summed E-state index contributed by atoms with van der Waals surface area (Å²) in [5, 5.41) is 13.1. The van der Waals surface area contributed by atoms with Crippen LogP contribution in [-0.4, -0.2) is 5.91 Å². The van der Waals surface area contributed by atoms with Gasteiger partial charge in [0.05, 0.1) is 11.1 Å². The van der Waals surface area contributed by atoms with Gasteiger partial charge in [0.25, 0.3) is 5.03 Å². The number of carbonyl (C=O) groups excluding carboxylic acids is 1. The summed E-state index contributed by atoms with van der Waals surface area (Å²) in [6.07, 6.45) is -8.90. The van der Waals surface area contributed by atoms with Crippen LogP contribution >= 0.6 is 11.8 Å². The average Bonchev–Trinajstić information content (AvgIpc) is 2.72. The number of nitrogens with one attached hydrogen (secondary N) is 1. The van der Waals surface area contributed by atoms with Crippen molar-refractivity contribution in [1.29, 1.82) is 0 Å². The van der Waals surface area contributed by atoms with Gasteiger partial charge < -0.3 is 10.5 Å². The maximum absolute atomic E-state index is 13.1. The summed E-state index contributed by atoms with van der Waals surface area (Å²) in [7, 11) is 0. The van der Waals surface area contributed by atoms with Crippen molar-refractivity contribution in [1.82, 2.24) is 0 Å². The van der Waals surface area contributed by atoms with Gasteiger partial charge in [-0.3, -0.25) is 4.79 Å². The molecule has 1 amide bonds. The van der Waals surface area contributed by atoms with Gasteiger partial charge in [0.15, 0.2) is 6.20 Å². The summed E-state index contributed by atoms with van der Waals surface area (Å²) >= 11 is 0.809. The van der Waals surface area contributed by atoms with Crippen LogP contribution < -0.4 is 10.0 Å². The molecule has 0 bridgehead atoms. The first kappa shape index (κ1) is 23.5. The normalized spacial score (nSPS) is 12.9. The van der Waals surface area contributed by atoms with E-state index in [4.69, 9.17) is 0 Å². The molecule has 0 fully saturated rings. The van der Waals surface area contributed by atoms with E-state index in [9.17, 15) is 36.3 Å². The lowest BCUT2D eigenvalue weighted by molar-refractivity contribution is -0.645. The van der Waals surface area contributed by atoms with Gasteiger partial charge in [0, 0.05) is 17.8 Å². The van der Waals surface area contributed by atoms with Crippen molar-refractivity contribution >= 4 is 23.4 Å². The van der Waals surface area contributed by atoms with Crippen molar-refractivity contribution in [2.75, 3.05) is 5.32 Å². The third-order valence-corrected chi connectivity index (χ3v) is 5.50. The molecule has 1 atom stereocenters. The molecule has 11 heteroatoms. The molecule has 4 nitrogen and oxygen atoms in total. The molecule has 0 aliphatic heterocycles. The van der Waals surface area contributed by atoms with Gasteiger partial charge in [-0.2, -0.15) is 31.1 Å². The van der Waals surface area contributed by atoms with Crippen LogP contribution in [0.4, 0.5) is 32.0 Å². The van der Waals surface area contributed by atoms with Gasteiger partial charge in [-0.1, -0.05) is 30.3 Å². The second kappa shape index (κ2) is 9.11. The molecule has 0 saturated heterocycles. The van der Waals surface area contributed by atoms with Gasteiger partial charge in [-0.25, -0.2) is 0 Å². The Hall–Kier alpha value is -3.21. The fourth-order valence-electron chi connectivity index (χ4n) is 2.76. The Balaban J connectivity index is 1.98. The smallest absolute Gasteiger partial charge is 0.416 e. The van der Waals surface area contributed by atoms with Crippen LogP contribution in [0.15, 0.2) is 78.0 Å². The second-order valence-electron chi connectivity index (χ2n) is 6.56. The maximum atomic E-state index is 13.1. The molecule has 0 aliphatic carbocycles. The van der Waals surface area contributed by atoms with E-state index < -0.39 is 40.3 Å². The van der Waals surface area contributed by atoms with Crippen LogP contribution in [0.1, 0.15) is 21.9 Å². The molecule has 0 aliphatic rings. The molecule has 3 aromatic rings. The number of halogens is 6. The van der Waals surface area contributed by atoms with Crippen LogP contribution in [0.5, 0.6) is 0 Å². The van der Waals surface area contributed by atoms with E-state index in [0.717, 1.165) is 11.8 Å². The molecule has 1 aromatic heterocycles. The van der Waals surface area contributed by atoms with Crippen molar-refractivity contribution < 1.29 is 35.9 Å². The van der Waals surface area contributed by atoms with E-state index in [1.54, 1.807) is 36.4 Å². The van der Waals surface area contributed by atoms with Crippen LogP contribution in [0.25, 0.3) is 0 Å². The lowest BCUT2D eigenvalue weighted by Gasteiger charge is -2.18. The Morgan fingerprint density at radius 2 is 1.44 bits per heavy atom. The molecule has 0 saturated carbocycles. The molecule has 1 N–H and O–H groups in total. The third-order valence-electron chi connectivity index (χ3n) is 4.22. The maximum Gasteiger partial charge on any atom is 0.416 e. The zero-order valence-corrected chi connectivity index (χ0v) is 16.8. The molecule has 168 valence electrons. The summed E-state index contributed by atoms with van der Waals surface area (Å²) in [4.78, 5) is 12.9. The van der Waals surface area contributed by atoms with E-state index in [2.05, 4.69) is 5.32 Å². The summed E-state index contributed by atoms with van der Waals surface area (Å²) in [6, 6.07) is 13.3. The SMILES string of the molecule is O=C(Nc1cc(C(F)(F)F)cc(C(F)(F)F)c1)C(Sc1cccc[n+]1[O-])c1ccccc1. The first-order chi connectivity index (χ1) is 14.9. The summed E-state index contributed by atoms with van der Waals surface area (Å²) in [5.74, 6) is -0.891. The highest BCUT2D eigenvalue weighted by molar-refractivity contribution is 8.00. The Bertz CT molecular complexity index is 1070. The monoisotopic (exact) mass is 472 g/mol. The molecule has 1 unspecified atom stereocenters. The largest absolute Gasteiger partial charge is 0.618 e. The van der Waals surface area contributed by atoms with Gasteiger partial charge in [-0.15, -0.1) is 0 Å². The Morgan fingerprint density at radius 1 is 0.875 bits per heavy atom. The zero-order chi connectivity index (χ0) is 23.5. The molecule has 0 radical (unpaired) electrons. The minimum Gasteiger partial charge on any atom is -0.618 e. The number of amides is 1. The first-order valence-electron chi connectivity index (χ1n) is 8.95. The number of rotatable bonds is 5. The number of pyridine rings is 1. The standard InChI is InChI=1S/C21H14F6N2O2S/c22-20(23,24)14-10-15(21(25,26)27)12-16(11-14)28-19(30)18(13-6-2-1-3-7-13)32-17-8-4-5-9-29(17)31/h1-12,18H,(H,28,30). The van der Waals surface area contributed by atoms with Crippen LogP contribution in [0.2, 0.25) is 0 Å². The van der Waals surface area contributed by atoms with E-state index in [-0.39, 0.29) is 11.1 Å². The highest BCUT2D eigenvalue weighted by Gasteiger charge is 2.37. The quantitative estimate of drug-likeness (QED) is 0.220. The topological polar surface area (TPSA) is 56.0 Å². The van der Waals surface area contributed by atoms with Crippen LogP contribution in [-0.2, 0) is 17.1 Å². The van der Waals surface area contributed by atoms with E-state index in [1.807, 2.05) is 0 Å². The Morgan fingerprint density at radius 3 is 1.97 bits per heavy atom. The lowest BCUT2D eigenvalue weighted by Crippen LogP contribution is -2.29. The van der Waals surface area contributed by atoms with E-state index in [1.165, 1.54) is 18.3 Å². The number of hydrogen-bond acceptors (Lipinski definition) is 3. The summed E-state index contributed by atoms with van der Waals surface area (Å²) in [6.45, 7) is 0. The number of thioether (sulfide) groups is 1. The number of aromatic nitrogens is 1. The molecular weight excluding hydrogens is 458 g/mol. The van der Waals surface area contributed by atoms with Gasteiger partial charge >= 0.3 is 12.4 Å². The zero-order valence-electron chi connectivity index (χ0n) is 15.9. The molecular formula is C21H14F6N2O2S. The average molecular weight is 472 g/mol. The van der Waals surface area contributed by atoms with Crippen molar-refractivity contribution in [2.45, 2.75) is 22.6 Å². The van der Waals surface area contributed by atoms with Crippen molar-refractivity contribution in [3.8, 4) is 0 Å². The fraction of sp³-hybridized carbons (Fsp3) is 0.143. The van der Waals surface area contributed by atoms with Gasteiger partial charge in [0.2, 0.25) is 5.91 Å². The molecule has 1 heterocycles. The number of alkyl halides is 6. The van der Waals surface area contributed by atoms with Gasteiger partial charge in [-0.05, 0) is 41.6 Å². The third kappa shape index (κ3) is 5.72. The highest BCUT2D eigenvalue weighted by Crippen LogP contribution is 2.39. The predicted octanol–water partition coefficient (Wildman–Crippen LogP) is 5.83. The number of nitrogens with zero attached hydrogens (tertiary/aromatic N) is 1. The van der Waals surface area contributed by atoms with Crippen molar-refractivity contribution in [2.24, 2.45) is 0 Å². The summed E-state index contributed by atoms with van der Waals surface area (Å²) < 4.78 is 79.1. The van der Waals surface area contributed by atoms with E-state index in [0.29, 0.717) is 22.4 Å². The second-order valence-corrected chi connectivity index (χ2v) is 7.68. The van der Waals surface area contributed by atoms with Crippen LogP contribution in [0, 0.1) is 5.21 Å². The lowest BCUT2D eigenvalue weighted by atomic mass is 10.1. The Labute approximate surface area is 182 Å². The fourth-order valence-corrected chi connectivity index (χ4v) is 3.78. The molecule has 32 heavy (non-hydrogen) atoms. The predicted molar refractivity (Wildman–Crippen MR) is 106 cm³/mol. The van der Waals surface area contributed by atoms with E-state index >= 15 is 0 Å². The number of benzene rings is 2. The minimum absolute atomic E-state index is 0.0244. The van der Waals surface area contributed by atoms with Crippen molar-refractivity contribution in [3.05, 3.63) is 94.8 Å². The highest BCUT2D eigenvalue weighted by atomic mass is 32.2. The minimum atomic E-state index is -5.05. The summed E-state index contributed by atoms with van der Waals surface area (Å²) in [5.41, 5.74) is -3.36. The number of anilines is 1. The molecule has 2 aromatic carbocycles. The number of hydrogen-bond donors (Lipinski definition) is 1. The Kier molecular flexibility index (Phi) is 6.68. The molecule has 3 rings (SSSR count). The first-order valence-corrected chi connectivity index (χ1v) is 9.83.